The maximum atomic E-state index is 13.4. The molecule has 1 fully saturated rings. The topological polar surface area (TPSA) is 101 Å². The number of ether oxygens (including phenoxy) is 3. The predicted molar refractivity (Wildman–Crippen MR) is 148 cm³/mol. The molecule has 1 aliphatic heterocycles. The van der Waals surface area contributed by atoms with E-state index in [4.69, 9.17) is 14.2 Å². The van der Waals surface area contributed by atoms with E-state index in [0.29, 0.717) is 41.4 Å². The summed E-state index contributed by atoms with van der Waals surface area (Å²) in [6.45, 7) is 2.66. The highest BCUT2D eigenvalue weighted by atomic mass is 16.5. The maximum absolute atomic E-state index is 13.4. The lowest BCUT2D eigenvalue weighted by molar-refractivity contribution is -0.139. The van der Waals surface area contributed by atoms with Gasteiger partial charge in [-0.1, -0.05) is 24.3 Å². The molecular formula is C31H30N2O6. The van der Waals surface area contributed by atoms with E-state index in [1.54, 1.807) is 42.5 Å². The number of ketones is 1. The number of Topliss-reactive ketones (excluding diaryl/α,β-unsaturated/α-hetero) is 1. The van der Waals surface area contributed by atoms with Crippen molar-refractivity contribution in [3.05, 3.63) is 95.2 Å². The van der Waals surface area contributed by atoms with Crippen molar-refractivity contribution in [1.29, 1.82) is 0 Å². The molecule has 200 valence electrons. The van der Waals surface area contributed by atoms with E-state index in [9.17, 15) is 14.7 Å². The molecule has 1 atom stereocenters. The smallest absolute Gasteiger partial charge is 0.295 e. The zero-order chi connectivity index (χ0) is 27.5. The lowest BCUT2D eigenvalue weighted by Gasteiger charge is -2.26. The number of fused-ring (bicyclic) bond motifs is 1. The lowest BCUT2D eigenvalue weighted by atomic mass is 9.94. The first-order valence-corrected chi connectivity index (χ1v) is 12.7. The summed E-state index contributed by atoms with van der Waals surface area (Å²) in [7, 11) is 3.06. The highest BCUT2D eigenvalue weighted by Crippen LogP contribution is 2.42. The van der Waals surface area contributed by atoms with Gasteiger partial charge in [-0.15, -0.1) is 0 Å². The number of carbonyl (C=O) groups excluding carboxylic acids is 2. The van der Waals surface area contributed by atoms with Gasteiger partial charge in [-0.25, -0.2) is 0 Å². The van der Waals surface area contributed by atoms with Gasteiger partial charge in [-0.3, -0.25) is 9.59 Å². The summed E-state index contributed by atoms with van der Waals surface area (Å²) in [4.78, 5) is 31.6. The van der Waals surface area contributed by atoms with Gasteiger partial charge < -0.3 is 29.2 Å². The Balaban J connectivity index is 1.58. The highest BCUT2D eigenvalue weighted by molar-refractivity contribution is 6.46. The highest BCUT2D eigenvalue weighted by Gasteiger charge is 2.46. The molecule has 39 heavy (non-hydrogen) atoms. The van der Waals surface area contributed by atoms with Crippen LogP contribution in [-0.4, -0.2) is 54.1 Å². The second-order valence-electron chi connectivity index (χ2n) is 9.17. The number of hydrogen-bond acceptors (Lipinski definition) is 6. The predicted octanol–water partition coefficient (Wildman–Crippen LogP) is 5.25. The molecule has 1 amide bonds. The Kier molecular flexibility index (Phi) is 7.27. The number of amides is 1. The van der Waals surface area contributed by atoms with Gasteiger partial charge in [0.2, 0.25) is 0 Å². The normalized spacial score (nSPS) is 16.6. The van der Waals surface area contributed by atoms with E-state index in [1.165, 1.54) is 19.1 Å². The number of nitrogens with zero attached hydrogens (tertiary/aromatic N) is 1. The Bertz CT molecular complexity index is 1550. The SMILES string of the molecule is CCOc1ccc(/C(O)=C2\C(=O)C(=O)N(CCc3c[nH]c4ccccc34)C2c2ccc(OC)c(OC)c2)cc1. The zero-order valence-electron chi connectivity index (χ0n) is 22.1. The van der Waals surface area contributed by atoms with Crippen molar-refractivity contribution in [2.24, 2.45) is 0 Å². The molecule has 0 bridgehead atoms. The van der Waals surface area contributed by atoms with Gasteiger partial charge in [0.05, 0.1) is 32.4 Å². The maximum Gasteiger partial charge on any atom is 0.295 e. The van der Waals surface area contributed by atoms with E-state index in [2.05, 4.69) is 4.98 Å². The van der Waals surface area contributed by atoms with E-state index in [1.807, 2.05) is 37.4 Å². The van der Waals surface area contributed by atoms with Crippen LogP contribution in [0, 0.1) is 0 Å². The molecule has 0 spiro atoms. The van der Waals surface area contributed by atoms with Crippen LogP contribution in [0.2, 0.25) is 0 Å². The van der Waals surface area contributed by atoms with Crippen LogP contribution in [0.25, 0.3) is 16.7 Å². The molecule has 3 aromatic carbocycles. The number of aromatic amines is 1. The van der Waals surface area contributed by atoms with Crippen molar-refractivity contribution in [3.63, 3.8) is 0 Å². The first kappa shape index (κ1) is 25.9. The summed E-state index contributed by atoms with van der Waals surface area (Å²) < 4.78 is 16.4. The van der Waals surface area contributed by atoms with Crippen LogP contribution >= 0.6 is 0 Å². The molecule has 1 aromatic heterocycles. The monoisotopic (exact) mass is 526 g/mol. The molecule has 0 radical (unpaired) electrons. The summed E-state index contributed by atoms with van der Waals surface area (Å²) in [6, 6.07) is 19.1. The number of aromatic nitrogens is 1. The van der Waals surface area contributed by atoms with Crippen LogP contribution in [0.15, 0.2) is 78.5 Å². The van der Waals surface area contributed by atoms with Crippen LogP contribution in [0.3, 0.4) is 0 Å². The third-order valence-electron chi connectivity index (χ3n) is 7.00. The number of benzene rings is 3. The molecule has 2 N–H and O–H groups in total. The minimum atomic E-state index is -0.818. The number of rotatable bonds is 9. The first-order valence-electron chi connectivity index (χ1n) is 12.7. The quantitative estimate of drug-likeness (QED) is 0.176. The fourth-order valence-corrected chi connectivity index (χ4v) is 5.09. The molecule has 1 aliphatic rings. The number of likely N-dealkylation sites (tertiary alicyclic amines) is 1. The van der Waals surface area contributed by atoms with Crippen molar-refractivity contribution in [1.82, 2.24) is 9.88 Å². The van der Waals surface area contributed by atoms with Crippen molar-refractivity contribution in [3.8, 4) is 17.2 Å². The third kappa shape index (κ3) is 4.81. The molecule has 1 unspecified atom stereocenters. The molecule has 4 aromatic rings. The van der Waals surface area contributed by atoms with Gasteiger partial charge in [0.25, 0.3) is 11.7 Å². The Morgan fingerprint density at radius 1 is 0.974 bits per heavy atom. The summed E-state index contributed by atoms with van der Waals surface area (Å²) >= 11 is 0. The molecule has 5 rings (SSSR count). The summed E-state index contributed by atoms with van der Waals surface area (Å²) in [5, 5.41) is 12.4. The Hall–Kier alpha value is -4.72. The van der Waals surface area contributed by atoms with Crippen molar-refractivity contribution < 1.29 is 28.9 Å². The van der Waals surface area contributed by atoms with Crippen LogP contribution in [0.5, 0.6) is 17.2 Å². The Morgan fingerprint density at radius 3 is 2.44 bits per heavy atom. The molecule has 1 saturated heterocycles. The average molecular weight is 527 g/mol. The minimum Gasteiger partial charge on any atom is -0.507 e. The minimum absolute atomic E-state index is 0.0234. The standard InChI is InChI=1S/C31H30N2O6/c1-4-39-22-12-9-19(10-13-22)29(34)27-28(20-11-14-25(37-2)26(17-20)38-3)33(31(36)30(27)35)16-15-21-18-32-24-8-6-5-7-23(21)24/h5-14,17-18,28,32,34H,4,15-16H2,1-3H3/b29-27+. The van der Waals surface area contributed by atoms with Gasteiger partial charge in [0, 0.05) is 29.2 Å². The number of aliphatic hydroxyl groups excluding tert-OH is 1. The van der Waals surface area contributed by atoms with E-state index < -0.39 is 17.7 Å². The van der Waals surface area contributed by atoms with Crippen molar-refractivity contribution in [2.75, 3.05) is 27.4 Å². The molecule has 0 saturated carbocycles. The number of nitrogens with one attached hydrogen (secondary N) is 1. The van der Waals surface area contributed by atoms with Gasteiger partial charge in [-0.2, -0.15) is 0 Å². The number of H-pyrrole nitrogens is 1. The van der Waals surface area contributed by atoms with E-state index in [0.717, 1.165) is 16.5 Å². The van der Waals surface area contributed by atoms with Crippen LogP contribution in [0.4, 0.5) is 0 Å². The number of para-hydroxylation sites is 1. The average Bonchev–Trinajstić information content (AvgIpc) is 3.49. The number of hydrogen-bond donors (Lipinski definition) is 2. The van der Waals surface area contributed by atoms with Gasteiger partial charge >= 0.3 is 0 Å². The second kappa shape index (κ2) is 10.9. The zero-order valence-corrected chi connectivity index (χ0v) is 22.1. The fraction of sp³-hybridized carbons (Fsp3) is 0.226. The summed E-state index contributed by atoms with van der Waals surface area (Å²) in [6.07, 6.45) is 2.44. The molecule has 0 aliphatic carbocycles. The van der Waals surface area contributed by atoms with Gasteiger partial charge in [0.1, 0.15) is 11.5 Å². The van der Waals surface area contributed by atoms with Gasteiger partial charge in [0.15, 0.2) is 11.5 Å². The number of carbonyl (C=O) groups is 2. The number of aliphatic hydroxyl groups is 1. The summed E-state index contributed by atoms with van der Waals surface area (Å²) in [5.41, 5.74) is 3.10. The van der Waals surface area contributed by atoms with Crippen LogP contribution in [-0.2, 0) is 16.0 Å². The van der Waals surface area contributed by atoms with Crippen molar-refractivity contribution in [2.45, 2.75) is 19.4 Å². The van der Waals surface area contributed by atoms with Crippen LogP contribution < -0.4 is 14.2 Å². The molecular weight excluding hydrogens is 496 g/mol. The lowest BCUT2D eigenvalue weighted by Crippen LogP contribution is -2.31. The molecule has 2 heterocycles. The molecule has 8 nitrogen and oxygen atoms in total. The number of methoxy groups -OCH3 is 2. The van der Waals surface area contributed by atoms with E-state index >= 15 is 0 Å². The fourth-order valence-electron chi connectivity index (χ4n) is 5.09. The largest absolute Gasteiger partial charge is 0.507 e. The Labute approximate surface area is 226 Å². The second-order valence-corrected chi connectivity index (χ2v) is 9.17. The van der Waals surface area contributed by atoms with Crippen LogP contribution in [0.1, 0.15) is 29.7 Å². The first-order chi connectivity index (χ1) is 19.0. The Morgan fingerprint density at radius 2 is 1.72 bits per heavy atom. The van der Waals surface area contributed by atoms with Gasteiger partial charge in [-0.05, 0) is 66.9 Å². The van der Waals surface area contributed by atoms with E-state index in [-0.39, 0.29) is 17.9 Å². The summed E-state index contributed by atoms with van der Waals surface area (Å²) in [5.74, 6) is -0.0283. The third-order valence-corrected chi connectivity index (χ3v) is 7.00. The molecule has 8 heteroatoms. The van der Waals surface area contributed by atoms with Crippen molar-refractivity contribution >= 4 is 28.4 Å².